The summed E-state index contributed by atoms with van der Waals surface area (Å²) in [5.74, 6) is -2.66. The standard InChI is InChI=1S/C24H26N2O4/c1-5-30-23(29)24(26-17(4)27)20(18-10-6-15(2)7-11-18)14-21(25-22(24)28)19-12-8-16(3)9-13-19/h6-14,20H,5H2,1-4H3,(H,25,28)(H,26,27). The average molecular weight is 406 g/mol. The van der Waals surface area contributed by atoms with E-state index in [0.717, 1.165) is 22.3 Å². The van der Waals surface area contributed by atoms with Crippen molar-refractivity contribution in [3.05, 3.63) is 76.9 Å². The smallest absolute Gasteiger partial charge is 0.342 e. The van der Waals surface area contributed by atoms with E-state index in [2.05, 4.69) is 10.6 Å². The maximum atomic E-state index is 13.4. The number of benzene rings is 2. The zero-order chi connectivity index (χ0) is 21.9. The molecule has 3 rings (SSSR count). The molecule has 0 saturated carbocycles. The molecular formula is C24H26N2O4. The van der Waals surface area contributed by atoms with Crippen LogP contribution in [-0.4, -0.2) is 29.9 Å². The molecule has 2 atom stereocenters. The number of ether oxygens (including phenoxy) is 1. The molecule has 6 nitrogen and oxygen atoms in total. The van der Waals surface area contributed by atoms with Crippen molar-refractivity contribution in [1.82, 2.24) is 10.6 Å². The van der Waals surface area contributed by atoms with Gasteiger partial charge in [-0.05, 0) is 38.0 Å². The maximum absolute atomic E-state index is 13.4. The van der Waals surface area contributed by atoms with Crippen molar-refractivity contribution in [1.29, 1.82) is 0 Å². The molecule has 0 radical (unpaired) electrons. The lowest BCUT2D eigenvalue weighted by molar-refractivity contribution is -0.158. The van der Waals surface area contributed by atoms with Crippen molar-refractivity contribution in [2.75, 3.05) is 6.61 Å². The quantitative estimate of drug-likeness (QED) is 0.591. The van der Waals surface area contributed by atoms with Crippen molar-refractivity contribution >= 4 is 23.5 Å². The molecule has 2 aromatic rings. The van der Waals surface area contributed by atoms with E-state index in [9.17, 15) is 14.4 Å². The SMILES string of the molecule is CCOC(=O)C1(NC(C)=O)C(=O)NC(c2ccc(C)cc2)=CC1c1ccc(C)cc1. The van der Waals surface area contributed by atoms with Gasteiger partial charge in [-0.15, -0.1) is 0 Å². The summed E-state index contributed by atoms with van der Waals surface area (Å²) < 4.78 is 5.24. The number of nitrogens with one attached hydrogen (secondary N) is 2. The van der Waals surface area contributed by atoms with Crippen LogP contribution in [0.15, 0.2) is 54.6 Å². The lowest BCUT2D eigenvalue weighted by Gasteiger charge is -2.40. The van der Waals surface area contributed by atoms with Crippen molar-refractivity contribution < 1.29 is 19.1 Å². The van der Waals surface area contributed by atoms with Gasteiger partial charge in [-0.1, -0.05) is 59.7 Å². The predicted octanol–water partition coefficient (Wildman–Crippen LogP) is 3.00. The normalized spacial score (nSPS) is 20.7. The Morgan fingerprint density at radius 3 is 2.13 bits per heavy atom. The van der Waals surface area contributed by atoms with Crippen molar-refractivity contribution in [2.24, 2.45) is 0 Å². The minimum absolute atomic E-state index is 0.0859. The fourth-order valence-electron chi connectivity index (χ4n) is 3.64. The maximum Gasteiger partial charge on any atom is 0.342 e. The third-order valence-corrected chi connectivity index (χ3v) is 5.18. The van der Waals surface area contributed by atoms with E-state index in [1.807, 2.05) is 68.5 Å². The number of hydrogen-bond donors (Lipinski definition) is 2. The first kappa shape index (κ1) is 21.3. The number of rotatable bonds is 5. The van der Waals surface area contributed by atoms with Gasteiger partial charge in [0.15, 0.2) is 0 Å². The van der Waals surface area contributed by atoms with E-state index in [4.69, 9.17) is 4.74 Å². The summed E-state index contributed by atoms with van der Waals surface area (Å²) in [7, 11) is 0. The van der Waals surface area contributed by atoms with Gasteiger partial charge in [0.2, 0.25) is 11.4 Å². The molecule has 30 heavy (non-hydrogen) atoms. The first-order valence-corrected chi connectivity index (χ1v) is 9.90. The third kappa shape index (κ3) is 3.99. The molecule has 0 bridgehead atoms. The van der Waals surface area contributed by atoms with Crippen molar-refractivity contribution in [2.45, 2.75) is 39.2 Å². The molecule has 0 spiro atoms. The van der Waals surface area contributed by atoms with Crippen molar-refractivity contribution in [3.63, 3.8) is 0 Å². The number of aryl methyl sites for hydroxylation is 2. The monoisotopic (exact) mass is 406 g/mol. The molecule has 2 N–H and O–H groups in total. The van der Waals surface area contributed by atoms with Gasteiger partial charge in [0, 0.05) is 18.5 Å². The highest BCUT2D eigenvalue weighted by Gasteiger charge is 2.56. The van der Waals surface area contributed by atoms with Crippen LogP contribution in [0, 0.1) is 13.8 Å². The van der Waals surface area contributed by atoms with Gasteiger partial charge in [-0.2, -0.15) is 0 Å². The zero-order valence-corrected chi connectivity index (χ0v) is 17.6. The Morgan fingerprint density at radius 2 is 1.60 bits per heavy atom. The Hall–Kier alpha value is -3.41. The van der Waals surface area contributed by atoms with Gasteiger partial charge >= 0.3 is 5.97 Å². The Labute approximate surface area is 176 Å². The molecule has 1 aliphatic rings. The van der Waals surface area contributed by atoms with Crippen LogP contribution in [0.5, 0.6) is 0 Å². The van der Waals surface area contributed by atoms with E-state index in [-0.39, 0.29) is 6.61 Å². The Bertz CT molecular complexity index is 993. The number of amides is 2. The number of carbonyl (C=O) groups is 3. The Morgan fingerprint density at radius 1 is 1.03 bits per heavy atom. The molecule has 6 heteroatoms. The predicted molar refractivity (Wildman–Crippen MR) is 114 cm³/mol. The van der Waals surface area contributed by atoms with Crippen LogP contribution in [-0.2, 0) is 19.1 Å². The summed E-state index contributed by atoms with van der Waals surface area (Å²) >= 11 is 0. The molecule has 2 aromatic carbocycles. The summed E-state index contributed by atoms with van der Waals surface area (Å²) in [6.07, 6.45) is 1.81. The number of esters is 1. The highest BCUT2D eigenvalue weighted by molar-refractivity contribution is 6.15. The van der Waals surface area contributed by atoms with Gasteiger partial charge < -0.3 is 15.4 Å². The van der Waals surface area contributed by atoms with E-state index >= 15 is 0 Å². The van der Waals surface area contributed by atoms with Crippen LogP contribution in [0.25, 0.3) is 5.70 Å². The first-order valence-electron chi connectivity index (χ1n) is 9.90. The van der Waals surface area contributed by atoms with Gasteiger partial charge in [0.25, 0.3) is 5.91 Å². The fraction of sp³-hybridized carbons (Fsp3) is 0.292. The van der Waals surface area contributed by atoms with Crippen LogP contribution in [0.4, 0.5) is 0 Å². The Balaban J connectivity index is 2.22. The zero-order valence-electron chi connectivity index (χ0n) is 17.6. The minimum Gasteiger partial charge on any atom is -0.464 e. The van der Waals surface area contributed by atoms with Gasteiger partial charge in [-0.25, -0.2) is 4.79 Å². The molecule has 2 unspecified atom stereocenters. The number of hydrogen-bond acceptors (Lipinski definition) is 4. The summed E-state index contributed by atoms with van der Waals surface area (Å²) in [4.78, 5) is 38.6. The number of carbonyl (C=O) groups excluding carboxylic acids is 3. The second kappa shape index (κ2) is 8.53. The van der Waals surface area contributed by atoms with E-state index in [1.165, 1.54) is 6.92 Å². The summed E-state index contributed by atoms with van der Waals surface area (Å²) in [6, 6.07) is 15.2. The van der Waals surface area contributed by atoms with Gasteiger partial charge in [0.05, 0.1) is 6.61 Å². The molecule has 1 heterocycles. The molecule has 1 aliphatic heterocycles. The van der Waals surface area contributed by atoms with E-state index < -0.39 is 29.2 Å². The van der Waals surface area contributed by atoms with Gasteiger partial charge in [0.1, 0.15) is 0 Å². The Kier molecular flexibility index (Phi) is 6.06. The highest BCUT2D eigenvalue weighted by Crippen LogP contribution is 2.37. The van der Waals surface area contributed by atoms with Crippen LogP contribution in [0.3, 0.4) is 0 Å². The van der Waals surface area contributed by atoms with Crippen LogP contribution in [0.2, 0.25) is 0 Å². The summed E-state index contributed by atoms with van der Waals surface area (Å²) in [6.45, 7) is 6.96. The fourth-order valence-corrected chi connectivity index (χ4v) is 3.64. The first-order chi connectivity index (χ1) is 14.3. The van der Waals surface area contributed by atoms with Gasteiger partial charge in [-0.3, -0.25) is 9.59 Å². The largest absolute Gasteiger partial charge is 0.464 e. The van der Waals surface area contributed by atoms with Crippen LogP contribution in [0.1, 0.15) is 42.0 Å². The molecule has 0 aromatic heterocycles. The average Bonchev–Trinajstić information content (AvgIpc) is 2.70. The third-order valence-electron chi connectivity index (χ3n) is 5.18. The lowest BCUT2D eigenvalue weighted by Crippen LogP contribution is -2.68. The minimum atomic E-state index is -1.90. The van der Waals surface area contributed by atoms with E-state index in [1.54, 1.807) is 6.92 Å². The molecule has 0 fully saturated rings. The molecular weight excluding hydrogens is 380 g/mol. The topological polar surface area (TPSA) is 84.5 Å². The second-order valence-corrected chi connectivity index (χ2v) is 7.50. The van der Waals surface area contributed by atoms with Crippen LogP contribution >= 0.6 is 0 Å². The summed E-state index contributed by atoms with van der Waals surface area (Å²) in [5, 5.41) is 5.41. The van der Waals surface area contributed by atoms with Crippen molar-refractivity contribution in [3.8, 4) is 0 Å². The lowest BCUT2D eigenvalue weighted by atomic mass is 9.74. The van der Waals surface area contributed by atoms with Crippen LogP contribution < -0.4 is 10.6 Å². The second-order valence-electron chi connectivity index (χ2n) is 7.50. The highest BCUT2D eigenvalue weighted by atomic mass is 16.5. The molecule has 0 saturated heterocycles. The molecule has 2 amide bonds. The molecule has 0 aliphatic carbocycles. The summed E-state index contributed by atoms with van der Waals surface area (Å²) in [5.41, 5.74) is 2.36. The molecule has 156 valence electrons. The van der Waals surface area contributed by atoms with E-state index in [0.29, 0.717) is 5.70 Å².